The van der Waals surface area contributed by atoms with E-state index in [-0.39, 0.29) is 5.56 Å². The van der Waals surface area contributed by atoms with Gasteiger partial charge < -0.3 is 4.57 Å². The first-order valence-electron chi connectivity index (χ1n) is 14.0. The fraction of sp³-hybridized carbons (Fsp3) is 0.412. The standard InChI is InChI=1S/C34H37F6O3P/c1-30(2,3)20-18-24(31(4,5)6)27(25(19-20)32(7,8)9)29(42)44(43,21-14-11-10-12-15-21)28(41)26-22(33(35,36)37)16-13-17-23(26)34(38,39)40/h10-19H,1-9H3. The Hall–Kier alpha value is -3.19. The van der Waals surface area contributed by atoms with E-state index in [0.717, 1.165) is 17.7 Å². The van der Waals surface area contributed by atoms with Gasteiger partial charge >= 0.3 is 12.4 Å². The highest BCUT2D eigenvalue weighted by molar-refractivity contribution is 8.01. The summed E-state index contributed by atoms with van der Waals surface area (Å²) in [5, 5.41) is -0.459. The number of rotatable bonds is 5. The Morgan fingerprint density at radius 1 is 0.523 bits per heavy atom. The molecule has 0 aromatic heterocycles. The zero-order valence-corrected chi connectivity index (χ0v) is 27.1. The van der Waals surface area contributed by atoms with Crippen LogP contribution in [0.2, 0.25) is 0 Å². The van der Waals surface area contributed by atoms with Crippen molar-refractivity contribution in [1.29, 1.82) is 0 Å². The van der Waals surface area contributed by atoms with Crippen LogP contribution in [0.15, 0.2) is 60.7 Å². The zero-order valence-electron chi connectivity index (χ0n) is 26.2. The fourth-order valence-corrected chi connectivity index (χ4v) is 7.38. The molecule has 0 saturated carbocycles. The highest BCUT2D eigenvalue weighted by Gasteiger charge is 2.51. The second-order valence-corrected chi connectivity index (χ2v) is 16.5. The predicted octanol–water partition coefficient (Wildman–Crippen LogP) is 10.3. The van der Waals surface area contributed by atoms with E-state index >= 15 is 4.57 Å². The van der Waals surface area contributed by atoms with Crippen LogP contribution < -0.4 is 5.30 Å². The summed E-state index contributed by atoms with van der Waals surface area (Å²) in [6.45, 7) is 16.6. The van der Waals surface area contributed by atoms with Crippen molar-refractivity contribution in [3.8, 4) is 0 Å². The fourth-order valence-electron chi connectivity index (χ4n) is 5.02. The molecule has 3 nitrogen and oxygen atoms in total. The Morgan fingerprint density at radius 3 is 1.20 bits per heavy atom. The third kappa shape index (κ3) is 6.73. The van der Waals surface area contributed by atoms with Gasteiger partial charge in [-0.1, -0.05) is 111 Å². The maximum absolute atomic E-state index is 15.2. The van der Waals surface area contributed by atoms with Gasteiger partial charge in [0.15, 0.2) is 0 Å². The van der Waals surface area contributed by atoms with Crippen LogP contribution in [0.5, 0.6) is 0 Å². The van der Waals surface area contributed by atoms with E-state index in [4.69, 9.17) is 0 Å². The summed E-state index contributed by atoms with van der Waals surface area (Å²) < 4.78 is 100. The number of benzene rings is 3. The lowest BCUT2D eigenvalue weighted by atomic mass is 9.72. The summed E-state index contributed by atoms with van der Waals surface area (Å²) in [6.07, 6.45) is -10.8. The van der Waals surface area contributed by atoms with Crippen LogP contribution in [0.1, 0.15) is 111 Å². The molecule has 0 heterocycles. The van der Waals surface area contributed by atoms with Gasteiger partial charge in [0, 0.05) is 10.9 Å². The molecule has 0 amide bonds. The maximum atomic E-state index is 15.2. The lowest BCUT2D eigenvalue weighted by Crippen LogP contribution is -2.30. The van der Waals surface area contributed by atoms with E-state index in [1.807, 2.05) is 20.8 Å². The van der Waals surface area contributed by atoms with Crippen LogP contribution in [0.25, 0.3) is 0 Å². The minimum atomic E-state index is -5.42. The van der Waals surface area contributed by atoms with E-state index in [9.17, 15) is 35.9 Å². The molecule has 0 aliphatic heterocycles. The van der Waals surface area contributed by atoms with Crippen molar-refractivity contribution in [1.82, 2.24) is 0 Å². The molecular weight excluding hydrogens is 601 g/mol. The second-order valence-electron chi connectivity index (χ2n) is 14.0. The summed E-state index contributed by atoms with van der Waals surface area (Å²) in [5.74, 6) is 0. The average molecular weight is 639 g/mol. The molecule has 3 rings (SSSR count). The Morgan fingerprint density at radius 2 is 0.886 bits per heavy atom. The van der Waals surface area contributed by atoms with E-state index in [2.05, 4.69) is 0 Å². The molecule has 10 heteroatoms. The molecule has 0 fully saturated rings. The van der Waals surface area contributed by atoms with E-state index < -0.39 is 68.8 Å². The first-order valence-corrected chi connectivity index (χ1v) is 15.7. The van der Waals surface area contributed by atoms with Crippen LogP contribution in [-0.4, -0.2) is 11.0 Å². The zero-order chi connectivity index (χ0) is 33.8. The van der Waals surface area contributed by atoms with Gasteiger partial charge in [-0.2, -0.15) is 26.3 Å². The van der Waals surface area contributed by atoms with Gasteiger partial charge in [0.25, 0.3) is 0 Å². The highest BCUT2D eigenvalue weighted by Crippen LogP contribution is 2.56. The van der Waals surface area contributed by atoms with Gasteiger partial charge in [-0.3, -0.25) is 9.59 Å². The maximum Gasteiger partial charge on any atom is 0.417 e. The summed E-state index contributed by atoms with van der Waals surface area (Å²) in [5.41, 5.74) is -9.62. The van der Waals surface area contributed by atoms with Crippen molar-refractivity contribution in [3.63, 3.8) is 0 Å². The van der Waals surface area contributed by atoms with Crippen molar-refractivity contribution in [2.45, 2.75) is 90.9 Å². The molecule has 0 aliphatic carbocycles. The molecule has 44 heavy (non-hydrogen) atoms. The lowest BCUT2D eigenvalue weighted by molar-refractivity contribution is -0.143. The van der Waals surface area contributed by atoms with Crippen molar-refractivity contribution < 1.29 is 40.5 Å². The summed E-state index contributed by atoms with van der Waals surface area (Å²) in [7, 11) is -5.42. The van der Waals surface area contributed by atoms with Crippen molar-refractivity contribution >= 4 is 23.5 Å². The van der Waals surface area contributed by atoms with Gasteiger partial charge in [-0.05, 0) is 45.1 Å². The first-order chi connectivity index (χ1) is 19.7. The Balaban J connectivity index is 2.60. The van der Waals surface area contributed by atoms with Gasteiger partial charge in [-0.15, -0.1) is 0 Å². The Kier molecular flexibility index (Phi) is 9.07. The normalized spacial score (nSPS) is 14.7. The first kappa shape index (κ1) is 35.3. The van der Waals surface area contributed by atoms with Crippen LogP contribution in [0.3, 0.4) is 0 Å². The van der Waals surface area contributed by atoms with Crippen molar-refractivity contribution in [3.05, 3.63) is 99.6 Å². The molecule has 238 valence electrons. The molecule has 0 spiro atoms. The van der Waals surface area contributed by atoms with Crippen molar-refractivity contribution in [2.75, 3.05) is 0 Å². The number of hydrogen-bond donors (Lipinski definition) is 0. The van der Waals surface area contributed by atoms with Crippen LogP contribution >= 0.6 is 7.14 Å². The topological polar surface area (TPSA) is 51.2 Å². The Labute approximate surface area is 254 Å². The lowest BCUT2D eigenvalue weighted by Gasteiger charge is -2.34. The molecule has 3 aromatic rings. The molecule has 3 aromatic carbocycles. The SMILES string of the molecule is CC(C)(C)c1cc(C(C)(C)C)c(C(=O)P(=O)(C(=O)c2c(C(F)(F)F)cccc2C(F)(F)F)c2ccccc2)c(C(C)(C)C)c1. The molecular formula is C34H37F6O3P. The van der Waals surface area contributed by atoms with E-state index in [1.165, 1.54) is 18.2 Å². The number of alkyl halides is 6. The minimum absolute atomic E-state index is 0.142. The molecule has 0 aliphatic rings. The van der Waals surface area contributed by atoms with E-state index in [0.29, 0.717) is 29.3 Å². The average Bonchev–Trinajstić information content (AvgIpc) is 2.88. The quantitative estimate of drug-likeness (QED) is 0.206. The summed E-state index contributed by atoms with van der Waals surface area (Å²) in [6, 6.07) is 11.0. The molecule has 1 atom stereocenters. The molecule has 0 bridgehead atoms. The van der Waals surface area contributed by atoms with Gasteiger partial charge in [-0.25, -0.2) is 0 Å². The van der Waals surface area contributed by atoms with Crippen LogP contribution in [0.4, 0.5) is 26.3 Å². The third-order valence-corrected chi connectivity index (χ3v) is 10.0. The number of carbonyl (C=O) groups is 2. The predicted molar refractivity (Wildman–Crippen MR) is 161 cm³/mol. The Bertz CT molecular complexity index is 1560. The van der Waals surface area contributed by atoms with Crippen molar-refractivity contribution in [2.24, 2.45) is 0 Å². The number of carbonyl (C=O) groups excluding carboxylic acids is 2. The summed E-state index contributed by atoms with van der Waals surface area (Å²) in [4.78, 5) is 29.1. The third-order valence-electron chi connectivity index (χ3n) is 7.42. The highest BCUT2D eigenvalue weighted by atomic mass is 31.2. The van der Waals surface area contributed by atoms with Gasteiger partial charge in [0.1, 0.15) is 0 Å². The molecule has 1 unspecified atom stereocenters. The van der Waals surface area contributed by atoms with Crippen LogP contribution in [-0.2, 0) is 33.2 Å². The van der Waals surface area contributed by atoms with Gasteiger partial charge in [0.2, 0.25) is 18.2 Å². The molecule has 0 N–H and O–H groups in total. The monoisotopic (exact) mass is 638 g/mol. The largest absolute Gasteiger partial charge is 0.417 e. The smallest absolute Gasteiger partial charge is 0.302 e. The van der Waals surface area contributed by atoms with Crippen LogP contribution in [0, 0.1) is 0 Å². The number of hydrogen-bond acceptors (Lipinski definition) is 3. The summed E-state index contributed by atoms with van der Waals surface area (Å²) >= 11 is 0. The molecule has 0 radical (unpaired) electrons. The number of halogens is 6. The second kappa shape index (κ2) is 11.3. The van der Waals surface area contributed by atoms with Gasteiger partial charge in [0.05, 0.1) is 16.7 Å². The molecule has 0 saturated heterocycles. The van der Waals surface area contributed by atoms with E-state index in [1.54, 1.807) is 53.7 Å². The minimum Gasteiger partial charge on any atom is -0.302 e.